The molecule has 0 amide bonds. The minimum atomic E-state index is -0.303. The fourth-order valence-electron chi connectivity index (χ4n) is 1.40. The van der Waals surface area contributed by atoms with Crippen molar-refractivity contribution in [3.63, 3.8) is 0 Å². The number of aryl methyl sites for hydroxylation is 2. The predicted octanol–water partition coefficient (Wildman–Crippen LogP) is 2.72. The van der Waals surface area contributed by atoms with Gasteiger partial charge in [0.15, 0.2) is 0 Å². The summed E-state index contributed by atoms with van der Waals surface area (Å²) in [6.07, 6.45) is 4.52. The van der Waals surface area contributed by atoms with E-state index in [1.54, 1.807) is 6.26 Å². The van der Waals surface area contributed by atoms with Crippen molar-refractivity contribution in [2.75, 3.05) is 7.11 Å². The van der Waals surface area contributed by atoms with E-state index in [2.05, 4.69) is 6.92 Å². The summed E-state index contributed by atoms with van der Waals surface area (Å²) in [5.74, 6) is 0.443. The van der Waals surface area contributed by atoms with Crippen LogP contribution in [0, 0.1) is 6.92 Å². The molecule has 0 aromatic carbocycles. The first-order valence-electron chi connectivity index (χ1n) is 4.86. The van der Waals surface area contributed by atoms with E-state index < -0.39 is 0 Å². The molecule has 0 fully saturated rings. The lowest BCUT2D eigenvalue weighted by atomic mass is 10.1. The van der Waals surface area contributed by atoms with Crippen molar-refractivity contribution < 1.29 is 13.9 Å². The first kappa shape index (κ1) is 10.8. The van der Waals surface area contributed by atoms with E-state index in [4.69, 9.17) is 9.15 Å². The van der Waals surface area contributed by atoms with Gasteiger partial charge in [-0.3, -0.25) is 0 Å². The molecule has 0 unspecified atom stereocenters. The number of carbonyl (C=O) groups is 1. The highest BCUT2D eigenvalue weighted by Crippen LogP contribution is 2.19. The number of hydrogen-bond donors (Lipinski definition) is 0. The number of ether oxygens (including phenoxy) is 1. The van der Waals surface area contributed by atoms with Gasteiger partial charge in [0.1, 0.15) is 11.3 Å². The van der Waals surface area contributed by atoms with Crippen LogP contribution in [0.25, 0.3) is 0 Å². The average molecular weight is 196 g/mol. The minimum Gasteiger partial charge on any atom is -0.468 e. The van der Waals surface area contributed by atoms with Crippen molar-refractivity contribution in [2.24, 2.45) is 0 Å². The third-order valence-electron chi connectivity index (χ3n) is 2.20. The number of unbranched alkanes of at least 4 members (excludes halogenated alkanes) is 1. The Labute approximate surface area is 84.1 Å². The van der Waals surface area contributed by atoms with Crippen molar-refractivity contribution in [2.45, 2.75) is 33.1 Å². The molecule has 0 saturated carbocycles. The van der Waals surface area contributed by atoms with Crippen LogP contribution < -0.4 is 0 Å². The summed E-state index contributed by atoms with van der Waals surface area (Å²) in [6.45, 7) is 3.96. The Morgan fingerprint density at radius 2 is 2.29 bits per heavy atom. The van der Waals surface area contributed by atoms with E-state index in [-0.39, 0.29) is 5.97 Å². The quantitative estimate of drug-likeness (QED) is 0.695. The van der Waals surface area contributed by atoms with E-state index in [0.29, 0.717) is 5.56 Å². The van der Waals surface area contributed by atoms with Crippen LogP contribution in [0.3, 0.4) is 0 Å². The summed E-state index contributed by atoms with van der Waals surface area (Å²) >= 11 is 0. The maximum absolute atomic E-state index is 11.4. The summed E-state index contributed by atoms with van der Waals surface area (Å²) in [6, 6.07) is 0. The van der Waals surface area contributed by atoms with Gasteiger partial charge in [-0.15, -0.1) is 0 Å². The number of hydrogen-bond acceptors (Lipinski definition) is 3. The maximum Gasteiger partial charge on any atom is 0.341 e. The van der Waals surface area contributed by atoms with Crippen LogP contribution in [0.5, 0.6) is 0 Å². The molecule has 0 bridgehead atoms. The van der Waals surface area contributed by atoms with Gasteiger partial charge in [0, 0.05) is 12.0 Å². The predicted molar refractivity (Wildman–Crippen MR) is 53.4 cm³/mol. The molecular weight excluding hydrogens is 180 g/mol. The molecule has 0 atom stereocenters. The Bertz CT molecular complexity index is 312. The molecule has 1 rings (SSSR count). The van der Waals surface area contributed by atoms with Gasteiger partial charge in [0.25, 0.3) is 0 Å². The lowest BCUT2D eigenvalue weighted by Crippen LogP contribution is -2.04. The van der Waals surface area contributed by atoms with Crippen LogP contribution >= 0.6 is 0 Å². The highest BCUT2D eigenvalue weighted by Gasteiger charge is 2.18. The van der Waals surface area contributed by atoms with E-state index in [1.165, 1.54) is 7.11 Å². The molecule has 0 saturated heterocycles. The molecule has 0 radical (unpaired) electrons. The largest absolute Gasteiger partial charge is 0.468 e. The molecule has 78 valence electrons. The van der Waals surface area contributed by atoms with Gasteiger partial charge in [-0.05, 0) is 13.3 Å². The number of furan rings is 1. The molecule has 0 spiro atoms. The Morgan fingerprint density at radius 1 is 1.57 bits per heavy atom. The number of methoxy groups -OCH3 is 1. The molecule has 1 aromatic heterocycles. The van der Waals surface area contributed by atoms with Crippen LogP contribution in [0.4, 0.5) is 0 Å². The number of esters is 1. The smallest absolute Gasteiger partial charge is 0.341 e. The first-order valence-corrected chi connectivity index (χ1v) is 4.86. The second-order valence-corrected chi connectivity index (χ2v) is 3.31. The highest BCUT2D eigenvalue weighted by atomic mass is 16.5. The zero-order chi connectivity index (χ0) is 10.6. The fourth-order valence-corrected chi connectivity index (χ4v) is 1.40. The normalized spacial score (nSPS) is 10.2. The topological polar surface area (TPSA) is 39.4 Å². The summed E-state index contributed by atoms with van der Waals surface area (Å²) < 4.78 is 10.0. The third kappa shape index (κ3) is 2.16. The summed E-state index contributed by atoms with van der Waals surface area (Å²) in [4.78, 5) is 11.4. The standard InChI is InChI=1S/C11H16O3/c1-4-5-6-9-10(11(12)13-3)8(2)7-14-9/h7H,4-6H2,1-3H3. The van der Waals surface area contributed by atoms with Crippen LogP contribution in [0.15, 0.2) is 10.7 Å². The Kier molecular flexibility index (Phi) is 3.74. The van der Waals surface area contributed by atoms with Gasteiger partial charge in [-0.25, -0.2) is 4.79 Å². The fraction of sp³-hybridized carbons (Fsp3) is 0.545. The Morgan fingerprint density at radius 3 is 2.86 bits per heavy atom. The molecular formula is C11H16O3. The number of rotatable bonds is 4. The SMILES string of the molecule is CCCCc1occ(C)c1C(=O)OC. The Hall–Kier alpha value is -1.25. The summed E-state index contributed by atoms with van der Waals surface area (Å²) in [7, 11) is 1.39. The van der Waals surface area contributed by atoms with Crippen molar-refractivity contribution in [1.29, 1.82) is 0 Å². The molecule has 0 N–H and O–H groups in total. The molecule has 1 aromatic rings. The van der Waals surface area contributed by atoms with Gasteiger partial charge in [0.2, 0.25) is 0 Å². The molecule has 0 aliphatic rings. The molecule has 3 nitrogen and oxygen atoms in total. The van der Waals surface area contributed by atoms with Gasteiger partial charge in [-0.1, -0.05) is 13.3 Å². The molecule has 14 heavy (non-hydrogen) atoms. The zero-order valence-electron chi connectivity index (χ0n) is 8.92. The first-order chi connectivity index (χ1) is 6.70. The molecule has 0 aliphatic heterocycles. The van der Waals surface area contributed by atoms with Gasteiger partial charge >= 0.3 is 5.97 Å². The molecule has 0 aliphatic carbocycles. The summed E-state index contributed by atoms with van der Waals surface area (Å²) in [5, 5.41) is 0. The lowest BCUT2D eigenvalue weighted by molar-refractivity contribution is 0.0597. The second kappa shape index (κ2) is 4.84. The summed E-state index contributed by atoms with van der Waals surface area (Å²) in [5.41, 5.74) is 1.45. The maximum atomic E-state index is 11.4. The van der Waals surface area contributed by atoms with Gasteiger partial charge in [-0.2, -0.15) is 0 Å². The second-order valence-electron chi connectivity index (χ2n) is 3.31. The third-order valence-corrected chi connectivity index (χ3v) is 2.20. The molecule has 3 heteroatoms. The highest BCUT2D eigenvalue weighted by molar-refractivity contribution is 5.91. The van der Waals surface area contributed by atoms with E-state index in [9.17, 15) is 4.79 Å². The lowest BCUT2D eigenvalue weighted by Gasteiger charge is -2.00. The van der Waals surface area contributed by atoms with E-state index in [0.717, 1.165) is 30.6 Å². The number of carbonyl (C=O) groups excluding carboxylic acids is 1. The zero-order valence-corrected chi connectivity index (χ0v) is 8.92. The van der Waals surface area contributed by atoms with E-state index in [1.807, 2.05) is 6.92 Å². The van der Waals surface area contributed by atoms with Crippen LogP contribution in [-0.4, -0.2) is 13.1 Å². The van der Waals surface area contributed by atoms with Crippen molar-refractivity contribution in [1.82, 2.24) is 0 Å². The van der Waals surface area contributed by atoms with E-state index >= 15 is 0 Å². The van der Waals surface area contributed by atoms with Crippen molar-refractivity contribution >= 4 is 5.97 Å². The van der Waals surface area contributed by atoms with Crippen LogP contribution in [-0.2, 0) is 11.2 Å². The van der Waals surface area contributed by atoms with Crippen molar-refractivity contribution in [3.8, 4) is 0 Å². The minimum absolute atomic E-state index is 0.303. The monoisotopic (exact) mass is 196 g/mol. The van der Waals surface area contributed by atoms with Gasteiger partial charge in [0.05, 0.1) is 13.4 Å². The average Bonchev–Trinajstić information content (AvgIpc) is 2.55. The van der Waals surface area contributed by atoms with Crippen LogP contribution in [0.1, 0.15) is 41.4 Å². The van der Waals surface area contributed by atoms with Gasteiger partial charge < -0.3 is 9.15 Å². The van der Waals surface area contributed by atoms with Crippen LogP contribution in [0.2, 0.25) is 0 Å². The Balaban J connectivity index is 2.88. The molecule has 1 heterocycles. The van der Waals surface area contributed by atoms with Crippen molar-refractivity contribution in [3.05, 3.63) is 23.2 Å².